The summed E-state index contributed by atoms with van der Waals surface area (Å²) < 4.78 is 1.71. The zero-order chi connectivity index (χ0) is 14.1. The third-order valence-electron chi connectivity index (χ3n) is 4.61. The SMILES string of the molecule is CC1CCC(c2ccc(-c3cc(N)n(C)n3)cc2)CC1. The van der Waals surface area contributed by atoms with Crippen LogP contribution in [0.15, 0.2) is 30.3 Å². The molecule has 0 spiro atoms. The standard InChI is InChI=1S/C17H23N3/c1-12-3-5-13(6-4-12)14-7-9-15(10-8-14)16-11-17(18)20(2)19-16/h7-13H,3-6,18H2,1-2H3. The quantitative estimate of drug-likeness (QED) is 0.896. The molecular weight excluding hydrogens is 246 g/mol. The summed E-state index contributed by atoms with van der Waals surface area (Å²) in [4.78, 5) is 0. The Morgan fingerprint density at radius 2 is 1.75 bits per heavy atom. The Labute approximate surface area is 120 Å². The molecule has 3 rings (SSSR count). The van der Waals surface area contributed by atoms with Crippen LogP contribution in [0.25, 0.3) is 11.3 Å². The molecule has 0 radical (unpaired) electrons. The summed E-state index contributed by atoms with van der Waals surface area (Å²) in [5.41, 5.74) is 9.41. The third kappa shape index (κ3) is 2.58. The molecule has 20 heavy (non-hydrogen) atoms. The molecule has 0 saturated heterocycles. The van der Waals surface area contributed by atoms with E-state index < -0.39 is 0 Å². The van der Waals surface area contributed by atoms with Crippen LogP contribution in [0, 0.1) is 5.92 Å². The van der Waals surface area contributed by atoms with Crippen molar-refractivity contribution < 1.29 is 0 Å². The van der Waals surface area contributed by atoms with E-state index in [0.717, 1.165) is 23.1 Å². The van der Waals surface area contributed by atoms with Crippen molar-refractivity contribution in [1.29, 1.82) is 0 Å². The lowest BCUT2D eigenvalue weighted by Gasteiger charge is -2.26. The molecule has 0 atom stereocenters. The first-order valence-corrected chi connectivity index (χ1v) is 7.53. The van der Waals surface area contributed by atoms with E-state index in [9.17, 15) is 0 Å². The third-order valence-corrected chi connectivity index (χ3v) is 4.61. The van der Waals surface area contributed by atoms with E-state index in [1.54, 1.807) is 4.68 Å². The molecule has 1 aliphatic rings. The summed E-state index contributed by atoms with van der Waals surface area (Å²) in [7, 11) is 1.87. The van der Waals surface area contributed by atoms with Gasteiger partial charge in [0.1, 0.15) is 5.82 Å². The monoisotopic (exact) mass is 269 g/mol. The number of rotatable bonds is 2. The average molecular weight is 269 g/mol. The summed E-state index contributed by atoms with van der Waals surface area (Å²) in [6, 6.07) is 10.8. The van der Waals surface area contributed by atoms with Crippen LogP contribution in [0.5, 0.6) is 0 Å². The number of aryl methyl sites for hydroxylation is 1. The lowest BCUT2D eigenvalue weighted by atomic mass is 9.79. The average Bonchev–Trinajstić information content (AvgIpc) is 2.80. The second-order valence-electron chi connectivity index (χ2n) is 6.16. The van der Waals surface area contributed by atoms with Crippen LogP contribution in [0.1, 0.15) is 44.1 Å². The Kier molecular flexibility index (Phi) is 3.51. The molecule has 1 aromatic carbocycles. The molecule has 1 fully saturated rings. The molecule has 1 aromatic heterocycles. The van der Waals surface area contributed by atoms with E-state index in [1.807, 2.05) is 13.1 Å². The number of benzene rings is 1. The Morgan fingerprint density at radius 1 is 1.10 bits per heavy atom. The zero-order valence-electron chi connectivity index (χ0n) is 12.3. The minimum Gasteiger partial charge on any atom is -0.384 e. The highest BCUT2D eigenvalue weighted by atomic mass is 15.3. The topological polar surface area (TPSA) is 43.8 Å². The van der Waals surface area contributed by atoms with Crippen LogP contribution in [0.4, 0.5) is 5.82 Å². The fourth-order valence-corrected chi connectivity index (χ4v) is 3.14. The van der Waals surface area contributed by atoms with Gasteiger partial charge in [-0.25, -0.2) is 0 Å². The van der Waals surface area contributed by atoms with Crippen molar-refractivity contribution in [3.05, 3.63) is 35.9 Å². The maximum Gasteiger partial charge on any atom is 0.121 e. The maximum atomic E-state index is 5.84. The molecule has 2 aromatic rings. The predicted molar refractivity (Wildman–Crippen MR) is 83.4 cm³/mol. The summed E-state index contributed by atoms with van der Waals surface area (Å²) >= 11 is 0. The normalized spacial score (nSPS) is 22.9. The Hall–Kier alpha value is -1.77. The molecule has 1 heterocycles. The first kappa shape index (κ1) is 13.2. The maximum absolute atomic E-state index is 5.84. The molecule has 1 aliphatic carbocycles. The number of aromatic nitrogens is 2. The van der Waals surface area contributed by atoms with Gasteiger partial charge in [-0.2, -0.15) is 5.10 Å². The molecule has 0 bridgehead atoms. The van der Waals surface area contributed by atoms with E-state index in [-0.39, 0.29) is 0 Å². The molecule has 1 saturated carbocycles. The molecular formula is C17H23N3. The summed E-state index contributed by atoms with van der Waals surface area (Å²) in [5.74, 6) is 2.35. The van der Waals surface area contributed by atoms with Crippen molar-refractivity contribution in [1.82, 2.24) is 9.78 Å². The van der Waals surface area contributed by atoms with E-state index in [2.05, 4.69) is 36.3 Å². The van der Waals surface area contributed by atoms with Crippen LogP contribution < -0.4 is 5.73 Å². The number of hydrogen-bond donors (Lipinski definition) is 1. The number of nitrogen functional groups attached to an aromatic ring is 1. The minimum atomic E-state index is 0.699. The molecule has 0 aliphatic heterocycles. The summed E-state index contributed by atoms with van der Waals surface area (Å²) in [5, 5.41) is 4.42. The van der Waals surface area contributed by atoms with E-state index >= 15 is 0 Å². The summed E-state index contributed by atoms with van der Waals surface area (Å²) in [6.07, 6.45) is 5.39. The summed E-state index contributed by atoms with van der Waals surface area (Å²) in [6.45, 7) is 2.37. The van der Waals surface area contributed by atoms with E-state index in [0.29, 0.717) is 5.82 Å². The highest BCUT2D eigenvalue weighted by molar-refractivity contribution is 5.62. The van der Waals surface area contributed by atoms with Gasteiger partial charge in [0.25, 0.3) is 0 Å². The minimum absolute atomic E-state index is 0.699. The number of anilines is 1. The molecule has 0 unspecified atom stereocenters. The molecule has 3 nitrogen and oxygen atoms in total. The first-order chi connectivity index (χ1) is 9.63. The van der Waals surface area contributed by atoms with Crippen molar-refractivity contribution in [2.75, 3.05) is 5.73 Å². The first-order valence-electron chi connectivity index (χ1n) is 7.53. The zero-order valence-corrected chi connectivity index (χ0v) is 12.3. The van der Waals surface area contributed by atoms with Gasteiger partial charge in [0.15, 0.2) is 0 Å². The fourth-order valence-electron chi connectivity index (χ4n) is 3.14. The van der Waals surface area contributed by atoms with Gasteiger partial charge in [0.05, 0.1) is 5.69 Å². The number of hydrogen-bond acceptors (Lipinski definition) is 2. The van der Waals surface area contributed by atoms with Crippen LogP contribution in [-0.2, 0) is 7.05 Å². The van der Waals surface area contributed by atoms with Crippen molar-refractivity contribution in [3.63, 3.8) is 0 Å². The van der Waals surface area contributed by atoms with Crippen LogP contribution in [0.3, 0.4) is 0 Å². The predicted octanol–water partition coefficient (Wildman–Crippen LogP) is 3.96. The molecule has 106 valence electrons. The van der Waals surface area contributed by atoms with Crippen molar-refractivity contribution in [2.24, 2.45) is 13.0 Å². The Morgan fingerprint density at radius 3 is 2.30 bits per heavy atom. The van der Waals surface area contributed by atoms with Crippen molar-refractivity contribution in [2.45, 2.75) is 38.5 Å². The van der Waals surface area contributed by atoms with Crippen LogP contribution in [-0.4, -0.2) is 9.78 Å². The van der Waals surface area contributed by atoms with Gasteiger partial charge in [-0.05, 0) is 30.2 Å². The highest BCUT2D eigenvalue weighted by Gasteiger charge is 2.19. The van der Waals surface area contributed by atoms with Gasteiger partial charge in [0, 0.05) is 18.7 Å². The van der Waals surface area contributed by atoms with Gasteiger partial charge in [-0.15, -0.1) is 0 Å². The van der Waals surface area contributed by atoms with Crippen molar-refractivity contribution >= 4 is 5.82 Å². The van der Waals surface area contributed by atoms with Gasteiger partial charge in [-0.3, -0.25) is 4.68 Å². The van der Waals surface area contributed by atoms with Gasteiger partial charge in [-0.1, -0.05) is 44.0 Å². The Balaban J connectivity index is 1.77. The van der Waals surface area contributed by atoms with Crippen molar-refractivity contribution in [3.8, 4) is 11.3 Å². The number of nitrogens with two attached hydrogens (primary N) is 1. The van der Waals surface area contributed by atoms with Crippen LogP contribution >= 0.6 is 0 Å². The lowest BCUT2D eigenvalue weighted by molar-refractivity contribution is 0.348. The largest absolute Gasteiger partial charge is 0.384 e. The molecule has 0 amide bonds. The fraction of sp³-hybridized carbons (Fsp3) is 0.471. The van der Waals surface area contributed by atoms with Gasteiger partial charge in [0.2, 0.25) is 0 Å². The highest BCUT2D eigenvalue weighted by Crippen LogP contribution is 2.36. The van der Waals surface area contributed by atoms with Gasteiger partial charge >= 0.3 is 0 Å². The molecule has 3 heteroatoms. The second kappa shape index (κ2) is 5.31. The lowest BCUT2D eigenvalue weighted by Crippen LogP contribution is -2.10. The Bertz CT molecular complexity index is 555. The van der Waals surface area contributed by atoms with Crippen LogP contribution in [0.2, 0.25) is 0 Å². The molecule has 2 N–H and O–H groups in total. The van der Waals surface area contributed by atoms with E-state index in [4.69, 9.17) is 5.73 Å². The second-order valence-corrected chi connectivity index (χ2v) is 6.16. The number of nitrogens with zero attached hydrogens (tertiary/aromatic N) is 2. The van der Waals surface area contributed by atoms with E-state index in [1.165, 1.54) is 31.2 Å². The van der Waals surface area contributed by atoms with Gasteiger partial charge < -0.3 is 5.73 Å². The smallest absolute Gasteiger partial charge is 0.121 e.